The molecule has 0 aliphatic heterocycles. The van der Waals surface area contributed by atoms with Crippen molar-refractivity contribution in [1.29, 1.82) is 0 Å². The van der Waals surface area contributed by atoms with Gasteiger partial charge in [0.25, 0.3) is 5.91 Å². The highest BCUT2D eigenvalue weighted by Gasteiger charge is 2.22. The minimum atomic E-state index is -0.215. The standard InChI is InChI=1S/C23H20N8O/c1-12(2)23(32)27-15-7-4-13(5-8-15)20-18(14-6-9-16-17(10-14)29-30-28-16)19-21(24)25-11-26-22(19)31(20)3/h4-11H,1H2,2-3H3,(H,27,32)(H2,24,25,26)(H,28,29,30). The maximum Gasteiger partial charge on any atom is 0.250 e. The number of nitrogen functional groups attached to an aromatic ring is 1. The summed E-state index contributed by atoms with van der Waals surface area (Å²) in [5.74, 6) is 0.188. The second kappa shape index (κ2) is 7.31. The highest BCUT2D eigenvalue weighted by Crippen LogP contribution is 2.42. The van der Waals surface area contributed by atoms with Crippen LogP contribution in [-0.4, -0.2) is 35.9 Å². The third kappa shape index (κ3) is 3.07. The summed E-state index contributed by atoms with van der Waals surface area (Å²) in [6.07, 6.45) is 1.46. The maximum absolute atomic E-state index is 11.9. The zero-order valence-electron chi connectivity index (χ0n) is 17.5. The highest BCUT2D eigenvalue weighted by atomic mass is 16.1. The molecular formula is C23H20N8O. The largest absolute Gasteiger partial charge is 0.383 e. The number of amides is 1. The number of hydrogen-bond donors (Lipinski definition) is 3. The van der Waals surface area contributed by atoms with Gasteiger partial charge in [-0.2, -0.15) is 0 Å². The smallest absolute Gasteiger partial charge is 0.250 e. The Morgan fingerprint density at radius 1 is 1.12 bits per heavy atom. The molecule has 0 bridgehead atoms. The quantitative estimate of drug-likeness (QED) is 0.378. The highest BCUT2D eigenvalue weighted by molar-refractivity contribution is 6.08. The van der Waals surface area contributed by atoms with Gasteiger partial charge in [-0.3, -0.25) is 9.89 Å². The van der Waals surface area contributed by atoms with Gasteiger partial charge in [0.05, 0.1) is 16.6 Å². The Kier molecular flexibility index (Phi) is 4.44. The monoisotopic (exact) mass is 424 g/mol. The first-order valence-electron chi connectivity index (χ1n) is 9.91. The number of aromatic amines is 1. The predicted molar refractivity (Wildman–Crippen MR) is 125 cm³/mol. The summed E-state index contributed by atoms with van der Waals surface area (Å²) in [5.41, 5.74) is 13.5. The molecule has 4 N–H and O–H groups in total. The third-order valence-electron chi connectivity index (χ3n) is 5.41. The molecule has 0 saturated heterocycles. The van der Waals surface area contributed by atoms with Crippen LogP contribution in [0.5, 0.6) is 0 Å². The molecule has 0 aliphatic rings. The summed E-state index contributed by atoms with van der Waals surface area (Å²) >= 11 is 0. The van der Waals surface area contributed by atoms with Gasteiger partial charge in [-0.15, -0.1) is 5.10 Å². The molecule has 5 rings (SSSR count). The first-order chi connectivity index (χ1) is 15.4. The van der Waals surface area contributed by atoms with Gasteiger partial charge in [-0.05, 0) is 42.3 Å². The number of aromatic nitrogens is 6. The fourth-order valence-electron chi connectivity index (χ4n) is 3.84. The Balaban J connectivity index is 1.72. The maximum atomic E-state index is 11.9. The minimum Gasteiger partial charge on any atom is -0.383 e. The second-order valence-electron chi connectivity index (χ2n) is 7.60. The number of rotatable bonds is 4. The number of hydrogen-bond acceptors (Lipinski definition) is 6. The van der Waals surface area contributed by atoms with Crippen LogP contribution >= 0.6 is 0 Å². The molecular weight excluding hydrogens is 404 g/mol. The normalized spacial score (nSPS) is 11.2. The molecule has 0 aliphatic carbocycles. The van der Waals surface area contributed by atoms with E-state index in [1.165, 1.54) is 6.33 Å². The Morgan fingerprint density at radius 2 is 1.88 bits per heavy atom. The molecule has 0 fully saturated rings. The van der Waals surface area contributed by atoms with Crippen LogP contribution in [0.1, 0.15) is 6.92 Å². The zero-order chi connectivity index (χ0) is 22.4. The SMILES string of the molecule is C=C(C)C(=O)Nc1ccc(-c2c(-c3ccc4nn[nH]c4c3)c3c(N)ncnc3n2C)cc1. The fraction of sp³-hybridized carbons (Fsp3) is 0.0870. The topological polar surface area (TPSA) is 127 Å². The first-order valence-corrected chi connectivity index (χ1v) is 9.91. The van der Waals surface area contributed by atoms with Crippen LogP contribution < -0.4 is 11.1 Å². The number of benzene rings is 2. The Morgan fingerprint density at radius 3 is 2.62 bits per heavy atom. The van der Waals surface area contributed by atoms with E-state index >= 15 is 0 Å². The molecule has 1 amide bonds. The number of anilines is 2. The Hall–Kier alpha value is -4.53. The van der Waals surface area contributed by atoms with Crippen LogP contribution in [0.2, 0.25) is 0 Å². The predicted octanol–water partition coefficient (Wildman–Crippen LogP) is 3.67. The summed E-state index contributed by atoms with van der Waals surface area (Å²) < 4.78 is 2.00. The lowest BCUT2D eigenvalue weighted by Crippen LogP contribution is -2.11. The second-order valence-corrected chi connectivity index (χ2v) is 7.60. The summed E-state index contributed by atoms with van der Waals surface area (Å²) in [5, 5.41) is 14.5. The number of aryl methyl sites for hydroxylation is 1. The van der Waals surface area contributed by atoms with Crippen molar-refractivity contribution in [2.75, 3.05) is 11.1 Å². The number of nitrogens with two attached hydrogens (primary N) is 1. The van der Waals surface area contributed by atoms with Gasteiger partial charge in [-0.25, -0.2) is 9.97 Å². The molecule has 3 aromatic heterocycles. The molecule has 158 valence electrons. The minimum absolute atomic E-state index is 0.215. The van der Waals surface area contributed by atoms with E-state index in [0.29, 0.717) is 17.1 Å². The van der Waals surface area contributed by atoms with Crippen LogP contribution in [-0.2, 0) is 11.8 Å². The van der Waals surface area contributed by atoms with Crippen LogP contribution in [0.4, 0.5) is 11.5 Å². The molecule has 0 saturated carbocycles. The van der Waals surface area contributed by atoms with Crippen LogP contribution in [0.3, 0.4) is 0 Å². The average molecular weight is 424 g/mol. The number of nitrogens with zero attached hydrogens (tertiary/aromatic N) is 5. The Labute approximate surface area is 183 Å². The lowest BCUT2D eigenvalue weighted by atomic mass is 9.98. The van der Waals surface area contributed by atoms with E-state index in [1.54, 1.807) is 6.92 Å². The molecule has 9 heteroatoms. The van der Waals surface area contributed by atoms with Crippen molar-refractivity contribution in [3.05, 3.63) is 60.9 Å². The summed E-state index contributed by atoms with van der Waals surface area (Å²) in [4.78, 5) is 20.6. The molecule has 0 atom stereocenters. The molecule has 5 aromatic rings. The van der Waals surface area contributed by atoms with Crippen molar-refractivity contribution >= 4 is 39.5 Å². The van der Waals surface area contributed by atoms with Crippen molar-refractivity contribution in [1.82, 2.24) is 29.9 Å². The fourth-order valence-corrected chi connectivity index (χ4v) is 3.84. The van der Waals surface area contributed by atoms with E-state index in [4.69, 9.17) is 5.73 Å². The number of carbonyl (C=O) groups excluding carboxylic acids is 1. The number of fused-ring (bicyclic) bond motifs is 2. The third-order valence-corrected chi connectivity index (χ3v) is 5.41. The molecule has 9 nitrogen and oxygen atoms in total. The Bertz CT molecular complexity index is 1510. The van der Waals surface area contributed by atoms with Crippen LogP contribution in [0, 0.1) is 0 Å². The molecule has 0 radical (unpaired) electrons. The molecule has 32 heavy (non-hydrogen) atoms. The van der Waals surface area contributed by atoms with Crippen LogP contribution in [0.15, 0.2) is 60.9 Å². The molecule has 2 aromatic carbocycles. The van der Waals surface area contributed by atoms with Crippen molar-refractivity contribution in [3.63, 3.8) is 0 Å². The van der Waals surface area contributed by atoms with E-state index < -0.39 is 0 Å². The van der Waals surface area contributed by atoms with Gasteiger partial charge in [-0.1, -0.05) is 30.0 Å². The molecule has 0 unspecified atom stereocenters. The van der Waals surface area contributed by atoms with E-state index in [-0.39, 0.29) is 5.91 Å². The van der Waals surface area contributed by atoms with Gasteiger partial charge in [0.1, 0.15) is 23.3 Å². The van der Waals surface area contributed by atoms with Crippen LogP contribution in [0.25, 0.3) is 44.5 Å². The van der Waals surface area contributed by atoms with Crippen molar-refractivity contribution in [3.8, 4) is 22.4 Å². The number of H-pyrrole nitrogens is 1. The van der Waals surface area contributed by atoms with Gasteiger partial charge in [0.2, 0.25) is 0 Å². The van der Waals surface area contributed by atoms with E-state index in [2.05, 4.69) is 37.3 Å². The van der Waals surface area contributed by atoms with Gasteiger partial charge in [0.15, 0.2) is 0 Å². The summed E-state index contributed by atoms with van der Waals surface area (Å²) in [6, 6.07) is 13.5. The molecule has 3 heterocycles. The van der Waals surface area contributed by atoms with E-state index in [1.807, 2.05) is 54.1 Å². The zero-order valence-corrected chi connectivity index (χ0v) is 17.5. The van der Waals surface area contributed by atoms with Gasteiger partial charge >= 0.3 is 0 Å². The first kappa shape index (κ1) is 19.4. The van der Waals surface area contributed by atoms with Gasteiger partial charge < -0.3 is 15.6 Å². The average Bonchev–Trinajstić information content (AvgIpc) is 3.37. The molecule has 0 spiro atoms. The summed E-state index contributed by atoms with van der Waals surface area (Å²) in [7, 11) is 1.95. The summed E-state index contributed by atoms with van der Waals surface area (Å²) in [6.45, 7) is 5.34. The lowest BCUT2D eigenvalue weighted by molar-refractivity contribution is -0.112. The van der Waals surface area contributed by atoms with Crippen molar-refractivity contribution in [2.24, 2.45) is 7.05 Å². The van der Waals surface area contributed by atoms with E-state index in [0.717, 1.165) is 44.5 Å². The lowest BCUT2D eigenvalue weighted by Gasteiger charge is -2.10. The van der Waals surface area contributed by atoms with Crippen molar-refractivity contribution in [2.45, 2.75) is 6.92 Å². The van der Waals surface area contributed by atoms with Gasteiger partial charge in [0, 0.05) is 23.9 Å². The number of carbonyl (C=O) groups is 1. The van der Waals surface area contributed by atoms with Crippen molar-refractivity contribution < 1.29 is 4.79 Å². The number of nitrogens with one attached hydrogen (secondary N) is 2. The van der Waals surface area contributed by atoms with E-state index in [9.17, 15) is 4.79 Å².